The van der Waals surface area contributed by atoms with E-state index in [2.05, 4.69) is 21.1 Å². The van der Waals surface area contributed by atoms with Gasteiger partial charge in [0.1, 0.15) is 6.54 Å². The summed E-state index contributed by atoms with van der Waals surface area (Å²) in [5, 5.41) is 25.7. The van der Waals surface area contributed by atoms with E-state index in [1.807, 2.05) is 0 Å². The van der Waals surface area contributed by atoms with E-state index in [-0.39, 0.29) is 6.61 Å². The number of carbonyl (C=O) groups excluding carboxylic acids is 1. The molecule has 0 aliphatic carbocycles. The summed E-state index contributed by atoms with van der Waals surface area (Å²) in [6.45, 7) is 2.25. The summed E-state index contributed by atoms with van der Waals surface area (Å²) >= 11 is 0. The molecule has 1 atom stereocenters. The van der Waals surface area contributed by atoms with Crippen molar-refractivity contribution in [3.8, 4) is 0 Å². The fraction of sp³-hybridized carbons (Fsp3) is 0.875. The number of hydrogen-bond acceptors (Lipinski definition) is 4. The minimum Gasteiger partial charge on any atom is -0.547 e. The van der Waals surface area contributed by atoms with E-state index < -0.39 is 12.1 Å². The first kappa shape index (κ1) is 14.9. The van der Waals surface area contributed by atoms with E-state index in [4.69, 9.17) is 10.2 Å². The van der Waals surface area contributed by atoms with Crippen molar-refractivity contribution in [2.45, 2.75) is 13.0 Å². The molecule has 80 valence electrons. The predicted octanol–water partition coefficient (Wildman–Crippen LogP) is -2.20. The lowest BCUT2D eigenvalue weighted by atomic mass is 10.4. The predicted molar refractivity (Wildman–Crippen MR) is 46.7 cm³/mol. The van der Waals surface area contributed by atoms with Gasteiger partial charge in [-0.15, -0.1) is 0 Å². The van der Waals surface area contributed by atoms with Gasteiger partial charge in [0.15, 0.2) is 0 Å². The highest BCUT2D eigenvalue weighted by molar-refractivity contribution is 5.68. The van der Waals surface area contributed by atoms with Gasteiger partial charge in [-0.05, 0) is 6.92 Å². The largest absolute Gasteiger partial charge is 0.547 e. The topological polar surface area (TPSA) is 80.6 Å². The number of quaternary nitrogens is 1. The molecule has 0 aromatic heterocycles. The average Bonchev–Trinajstić information content (AvgIpc) is 1.85. The number of hydrogen-bond donors (Lipinski definition) is 2. The molecule has 0 aliphatic rings. The van der Waals surface area contributed by atoms with Crippen LogP contribution >= 0.6 is 0 Å². The number of carboxylic acids is 1. The fourth-order valence-corrected chi connectivity index (χ4v) is 0.300. The van der Waals surface area contributed by atoms with Crippen LogP contribution in [0, 0.1) is 0 Å². The molecular weight excluding hydrogens is 174 g/mol. The van der Waals surface area contributed by atoms with Crippen LogP contribution in [-0.2, 0) is 4.79 Å². The molecule has 0 heterocycles. The Bertz CT molecular complexity index is 140. The molecule has 0 saturated heterocycles. The van der Waals surface area contributed by atoms with Crippen LogP contribution in [0.5, 0.6) is 0 Å². The number of carbonyl (C=O) groups is 1. The third-order valence-electron chi connectivity index (χ3n) is 1.11. The summed E-state index contributed by atoms with van der Waals surface area (Å²) in [6.07, 6.45) is -1.34. The maximum atomic E-state index is 9.34. The molecule has 0 fully saturated rings. The van der Waals surface area contributed by atoms with Crippen LogP contribution in [0.4, 0.5) is 0 Å². The van der Waals surface area contributed by atoms with Gasteiger partial charge < -0.3 is 24.6 Å². The Kier molecular flexibility index (Phi) is 7.79. The highest BCUT2D eigenvalue weighted by Gasteiger charge is 2.02. The van der Waals surface area contributed by atoms with E-state index >= 15 is 0 Å². The van der Waals surface area contributed by atoms with E-state index in [0.29, 0.717) is 0 Å². The highest BCUT2D eigenvalue weighted by atomic mass is 16.4. The Morgan fingerprint density at radius 2 is 1.77 bits per heavy atom. The van der Waals surface area contributed by atoms with Crippen molar-refractivity contribution < 1.29 is 24.6 Å². The molecule has 0 bridgehead atoms. The third-order valence-corrected chi connectivity index (χ3v) is 1.11. The molecule has 0 radical (unpaired) electrons. The van der Waals surface area contributed by atoms with Crippen LogP contribution in [-0.4, -0.2) is 61.1 Å². The number of carboxylic acid groups (broad SMARTS) is 1. The van der Waals surface area contributed by atoms with Crippen molar-refractivity contribution in [2.24, 2.45) is 0 Å². The summed E-state index contributed by atoms with van der Waals surface area (Å²) in [7, 11) is 6.16. The maximum absolute atomic E-state index is 9.34. The lowest BCUT2D eigenvalue weighted by molar-refractivity contribution is -0.870. The van der Waals surface area contributed by atoms with Gasteiger partial charge in [0.05, 0.1) is 39.8 Å². The van der Waals surface area contributed by atoms with Gasteiger partial charge in [-0.3, -0.25) is 0 Å². The zero-order valence-electron chi connectivity index (χ0n) is 8.65. The fourth-order valence-electron chi connectivity index (χ4n) is 0.300. The molecule has 13 heavy (non-hydrogen) atoms. The van der Waals surface area contributed by atoms with Gasteiger partial charge in [0, 0.05) is 0 Å². The molecule has 5 heteroatoms. The van der Waals surface area contributed by atoms with Crippen LogP contribution in [0.3, 0.4) is 0 Å². The summed E-state index contributed by atoms with van der Waals surface area (Å²) in [6, 6.07) is 0. The SMILES string of the molecule is CC(O)C(=O)[O-].C[N+](C)(C)CCO. The van der Waals surface area contributed by atoms with Crippen molar-refractivity contribution in [1.82, 2.24) is 0 Å². The summed E-state index contributed by atoms with van der Waals surface area (Å²) < 4.78 is 0.844. The normalized spacial score (nSPS) is 12.8. The van der Waals surface area contributed by atoms with E-state index in [9.17, 15) is 9.90 Å². The van der Waals surface area contributed by atoms with Crippen molar-refractivity contribution >= 4 is 5.97 Å². The molecule has 0 rings (SSSR count). The van der Waals surface area contributed by atoms with Gasteiger partial charge in [-0.25, -0.2) is 0 Å². The highest BCUT2D eigenvalue weighted by Crippen LogP contribution is 1.84. The summed E-state index contributed by atoms with van der Waals surface area (Å²) in [5.41, 5.74) is 0. The van der Waals surface area contributed by atoms with Crippen molar-refractivity contribution in [3.63, 3.8) is 0 Å². The Balaban J connectivity index is 0. The number of likely N-dealkylation sites (N-methyl/N-ethyl adjacent to an activating group) is 1. The van der Waals surface area contributed by atoms with Crippen LogP contribution in [0.25, 0.3) is 0 Å². The lowest BCUT2D eigenvalue weighted by Gasteiger charge is -2.21. The van der Waals surface area contributed by atoms with E-state index in [0.717, 1.165) is 18.0 Å². The van der Waals surface area contributed by atoms with Crippen molar-refractivity contribution in [1.29, 1.82) is 0 Å². The van der Waals surface area contributed by atoms with Gasteiger partial charge in [0.25, 0.3) is 0 Å². The van der Waals surface area contributed by atoms with E-state index in [1.165, 1.54) is 0 Å². The first-order valence-electron chi connectivity index (χ1n) is 4.01. The monoisotopic (exact) mass is 193 g/mol. The second kappa shape index (κ2) is 6.82. The van der Waals surface area contributed by atoms with Crippen LogP contribution in [0.1, 0.15) is 6.92 Å². The number of aliphatic hydroxyl groups is 2. The molecule has 2 N–H and O–H groups in total. The number of aliphatic hydroxyl groups excluding tert-OH is 2. The van der Waals surface area contributed by atoms with Gasteiger partial charge >= 0.3 is 0 Å². The third kappa shape index (κ3) is 18.4. The smallest absolute Gasteiger partial charge is 0.101 e. The van der Waals surface area contributed by atoms with Gasteiger partial charge in [-0.1, -0.05) is 0 Å². The first-order chi connectivity index (χ1) is 5.70. The first-order valence-corrected chi connectivity index (χ1v) is 4.01. The molecule has 0 amide bonds. The zero-order valence-corrected chi connectivity index (χ0v) is 8.65. The Morgan fingerprint density at radius 1 is 1.46 bits per heavy atom. The molecule has 0 aromatic carbocycles. The maximum Gasteiger partial charge on any atom is 0.101 e. The van der Waals surface area contributed by atoms with E-state index in [1.54, 1.807) is 0 Å². The average molecular weight is 193 g/mol. The quantitative estimate of drug-likeness (QED) is 0.499. The van der Waals surface area contributed by atoms with Crippen LogP contribution < -0.4 is 5.11 Å². The Labute approximate surface area is 78.8 Å². The molecule has 0 spiro atoms. The molecule has 0 saturated carbocycles. The summed E-state index contributed by atoms with van der Waals surface area (Å²) in [4.78, 5) is 9.34. The lowest BCUT2D eigenvalue weighted by Crippen LogP contribution is -2.36. The van der Waals surface area contributed by atoms with Gasteiger partial charge in [-0.2, -0.15) is 0 Å². The number of nitrogens with zero attached hydrogens (tertiary/aromatic N) is 1. The zero-order chi connectivity index (χ0) is 11.1. The second-order valence-electron chi connectivity index (χ2n) is 3.73. The van der Waals surface area contributed by atoms with Crippen LogP contribution in [0.15, 0.2) is 0 Å². The molecule has 5 nitrogen and oxygen atoms in total. The summed E-state index contributed by atoms with van der Waals surface area (Å²) in [5.74, 6) is -1.44. The second-order valence-corrected chi connectivity index (χ2v) is 3.73. The number of aliphatic carboxylic acids is 1. The van der Waals surface area contributed by atoms with Crippen LogP contribution in [0.2, 0.25) is 0 Å². The van der Waals surface area contributed by atoms with Crippen molar-refractivity contribution in [3.05, 3.63) is 0 Å². The molecular formula is C8H19NO4. The Hall–Kier alpha value is -0.650. The van der Waals surface area contributed by atoms with Gasteiger partial charge in [0.2, 0.25) is 0 Å². The minimum absolute atomic E-state index is 0.281. The number of rotatable bonds is 3. The molecule has 0 aromatic rings. The minimum atomic E-state index is -1.44. The molecule has 1 unspecified atom stereocenters. The Morgan fingerprint density at radius 3 is 1.77 bits per heavy atom. The molecule has 0 aliphatic heterocycles. The standard InChI is InChI=1S/C5H14NO.C3H6O3/c1-6(2,3)4-5-7;1-2(4)3(5)6/h7H,4-5H2,1-3H3;2,4H,1H3,(H,5,6)/q+1;/p-1. The van der Waals surface area contributed by atoms with Crippen molar-refractivity contribution in [2.75, 3.05) is 34.3 Å².